The van der Waals surface area contributed by atoms with Gasteiger partial charge in [0.25, 0.3) is 0 Å². The third kappa shape index (κ3) is 2.22. The van der Waals surface area contributed by atoms with Crippen LogP contribution in [-0.2, 0) is 0 Å². The molecule has 2 rings (SSSR count). The van der Waals surface area contributed by atoms with Gasteiger partial charge in [-0.3, -0.25) is 0 Å². The lowest BCUT2D eigenvalue weighted by atomic mass is 9.56. The van der Waals surface area contributed by atoms with E-state index in [2.05, 4.69) is 6.92 Å². The van der Waals surface area contributed by atoms with E-state index in [1.807, 2.05) is 13.8 Å². The van der Waals surface area contributed by atoms with Crippen molar-refractivity contribution in [3.63, 3.8) is 0 Å². The highest BCUT2D eigenvalue weighted by atomic mass is 16.3. The SMILES string of the molecule is CC(C)(O)C1CCC2(C)CCCCC2C1. The molecule has 0 heterocycles. The third-order valence-corrected chi connectivity index (χ3v) is 5.17. The average Bonchev–Trinajstić information content (AvgIpc) is 2.14. The zero-order chi connectivity index (χ0) is 11.1. The van der Waals surface area contributed by atoms with E-state index in [-0.39, 0.29) is 0 Å². The number of hydrogen-bond donors (Lipinski definition) is 1. The van der Waals surface area contributed by atoms with Gasteiger partial charge < -0.3 is 5.11 Å². The minimum atomic E-state index is -0.460. The van der Waals surface area contributed by atoms with Crippen LogP contribution in [0.15, 0.2) is 0 Å². The van der Waals surface area contributed by atoms with Crippen LogP contribution >= 0.6 is 0 Å². The predicted octanol–water partition coefficient (Wildman–Crippen LogP) is 3.75. The Kier molecular flexibility index (Phi) is 2.87. The molecule has 0 aliphatic heterocycles. The lowest BCUT2D eigenvalue weighted by Gasteiger charge is -2.50. The van der Waals surface area contributed by atoms with Crippen molar-refractivity contribution in [2.75, 3.05) is 0 Å². The second kappa shape index (κ2) is 3.76. The van der Waals surface area contributed by atoms with Crippen LogP contribution in [-0.4, -0.2) is 10.7 Å². The largest absolute Gasteiger partial charge is 0.390 e. The van der Waals surface area contributed by atoms with Gasteiger partial charge in [0.05, 0.1) is 5.60 Å². The van der Waals surface area contributed by atoms with Crippen LogP contribution in [0.4, 0.5) is 0 Å². The maximum Gasteiger partial charge on any atom is 0.0619 e. The van der Waals surface area contributed by atoms with Crippen LogP contribution in [0.5, 0.6) is 0 Å². The molecule has 2 saturated carbocycles. The van der Waals surface area contributed by atoms with Gasteiger partial charge in [-0.1, -0.05) is 19.8 Å². The zero-order valence-electron chi connectivity index (χ0n) is 10.6. The lowest BCUT2D eigenvalue weighted by molar-refractivity contribution is -0.0534. The molecule has 0 saturated heterocycles. The fourth-order valence-corrected chi connectivity index (χ4v) is 3.81. The molecule has 0 spiro atoms. The number of hydrogen-bond acceptors (Lipinski definition) is 1. The molecule has 3 atom stereocenters. The summed E-state index contributed by atoms with van der Waals surface area (Å²) in [7, 11) is 0. The van der Waals surface area contributed by atoms with Gasteiger partial charge >= 0.3 is 0 Å². The fourth-order valence-electron chi connectivity index (χ4n) is 3.81. The van der Waals surface area contributed by atoms with Crippen LogP contribution in [0.25, 0.3) is 0 Å². The molecule has 1 N–H and O–H groups in total. The first kappa shape index (κ1) is 11.4. The summed E-state index contributed by atoms with van der Waals surface area (Å²) in [6, 6.07) is 0. The number of aliphatic hydroxyl groups is 1. The summed E-state index contributed by atoms with van der Waals surface area (Å²) in [4.78, 5) is 0. The van der Waals surface area contributed by atoms with Crippen molar-refractivity contribution in [1.82, 2.24) is 0 Å². The summed E-state index contributed by atoms with van der Waals surface area (Å²) in [5.41, 5.74) is 0.152. The van der Waals surface area contributed by atoms with Gasteiger partial charge in [-0.05, 0) is 63.2 Å². The van der Waals surface area contributed by atoms with Gasteiger partial charge in [-0.15, -0.1) is 0 Å². The summed E-state index contributed by atoms with van der Waals surface area (Å²) >= 11 is 0. The van der Waals surface area contributed by atoms with E-state index in [9.17, 15) is 5.11 Å². The number of rotatable bonds is 1. The first-order valence-electron chi connectivity index (χ1n) is 6.64. The van der Waals surface area contributed by atoms with Gasteiger partial charge in [-0.25, -0.2) is 0 Å². The third-order valence-electron chi connectivity index (χ3n) is 5.17. The molecule has 0 radical (unpaired) electrons. The molecular formula is C14H26O. The summed E-state index contributed by atoms with van der Waals surface area (Å²) in [6.07, 6.45) is 9.52. The van der Waals surface area contributed by atoms with E-state index in [0.717, 1.165) is 5.92 Å². The van der Waals surface area contributed by atoms with Gasteiger partial charge in [0.2, 0.25) is 0 Å². The van der Waals surface area contributed by atoms with Crippen molar-refractivity contribution < 1.29 is 5.11 Å². The molecule has 15 heavy (non-hydrogen) atoms. The molecule has 0 aromatic heterocycles. The van der Waals surface area contributed by atoms with Crippen LogP contribution in [0.1, 0.15) is 65.7 Å². The van der Waals surface area contributed by atoms with E-state index in [1.54, 1.807) is 0 Å². The standard InChI is InChI=1S/C14H26O/c1-13(2,15)11-7-9-14(3)8-5-4-6-12(14)10-11/h11-12,15H,4-10H2,1-3H3. The predicted molar refractivity (Wildman–Crippen MR) is 63.7 cm³/mol. The van der Waals surface area contributed by atoms with Gasteiger partial charge in [0.1, 0.15) is 0 Å². The number of fused-ring (bicyclic) bond motifs is 1. The van der Waals surface area contributed by atoms with Gasteiger partial charge in [0, 0.05) is 0 Å². The highest BCUT2D eigenvalue weighted by Crippen LogP contribution is 2.53. The Morgan fingerprint density at radius 1 is 1.13 bits per heavy atom. The molecule has 0 aromatic rings. The first-order chi connectivity index (χ1) is 6.92. The highest BCUT2D eigenvalue weighted by molar-refractivity contribution is 4.95. The first-order valence-corrected chi connectivity index (χ1v) is 6.64. The van der Waals surface area contributed by atoms with E-state index in [4.69, 9.17) is 0 Å². The van der Waals surface area contributed by atoms with E-state index in [0.29, 0.717) is 11.3 Å². The van der Waals surface area contributed by atoms with Gasteiger partial charge in [-0.2, -0.15) is 0 Å². The normalized spacial score (nSPS) is 42.4. The second-order valence-corrected chi connectivity index (χ2v) is 6.72. The van der Waals surface area contributed by atoms with Crippen molar-refractivity contribution in [1.29, 1.82) is 0 Å². The molecule has 2 aliphatic carbocycles. The molecule has 0 bridgehead atoms. The van der Waals surface area contributed by atoms with Crippen molar-refractivity contribution in [3.05, 3.63) is 0 Å². The topological polar surface area (TPSA) is 20.2 Å². The zero-order valence-corrected chi connectivity index (χ0v) is 10.6. The molecular weight excluding hydrogens is 184 g/mol. The second-order valence-electron chi connectivity index (χ2n) is 6.72. The van der Waals surface area contributed by atoms with Crippen molar-refractivity contribution in [2.45, 2.75) is 71.3 Å². The minimum Gasteiger partial charge on any atom is -0.390 e. The Balaban J connectivity index is 2.05. The quantitative estimate of drug-likeness (QED) is 0.699. The Bertz CT molecular complexity index is 228. The summed E-state index contributed by atoms with van der Waals surface area (Å²) in [6.45, 7) is 6.46. The van der Waals surface area contributed by atoms with Crippen molar-refractivity contribution in [3.8, 4) is 0 Å². The Hall–Kier alpha value is -0.0400. The summed E-state index contributed by atoms with van der Waals surface area (Å²) < 4.78 is 0. The molecule has 1 heteroatoms. The molecule has 0 amide bonds. The van der Waals surface area contributed by atoms with Crippen molar-refractivity contribution >= 4 is 0 Å². The van der Waals surface area contributed by atoms with Crippen LogP contribution in [0.2, 0.25) is 0 Å². The van der Waals surface area contributed by atoms with Gasteiger partial charge in [0.15, 0.2) is 0 Å². The molecule has 88 valence electrons. The maximum absolute atomic E-state index is 10.1. The Morgan fingerprint density at radius 3 is 2.53 bits per heavy atom. The van der Waals surface area contributed by atoms with Crippen LogP contribution in [0, 0.1) is 17.3 Å². The summed E-state index contributed by atoms with van der Waals surface area (Å²) in [5, 5.41) is 10.1. The monoisotopic (exact) mass is 210 g/mol. The molecule has 1 nitrogen and oxygen atoms in total. The highest BCUT2D eigenvalue weighted by Gasteiger charge is 2.44. The van der Waals surface area contributed by atoms with E-state index >= 15 is 0 Å². The average molecular weight is 210 g/mol. The smallest absolute Gasteiger partial charge is 0.0619 e. The summed E-state index contributed by atoms with van der Waals surface area (Å²) in [5.74, 6) is 1.42. The lowest BCUT2D eigenvalue weighted by Crippen LogP contribution is -2.43. The van der Waals surface area contributed by atoms with E-state index < -0.39 is 5.60 Å². The fraction of sp³-hybridized carbons (Fsp3) is 1.00. The minimum absolute atomic E-state index is 0.460. The molecule has 0 aromatic carbocycles. The van der Waals surface area contributed by atoms with Crippen molar-refractivity contribution in [2.24, 2.45) is 17.3 Å². The molecule has 2 fully saturated rings. The molecule has 3 unspecified atom stereocenters. The van der Waals surface area contributed by atoms with Crippen LogP contribution in [0.3, 0.4) is 0 Å². The Labute approximate surface area is 94.3 Å². The van der Waals surface area contributed by atoms with E-state index in [1.165, 1.54) is 44.9 Å². The molecule has 2 aliphatic rings. The van der Waals surface area contributed by atoms with Crippen LogP contribution < -0.4 is 0 Å². The maximum atomic E-state index is 10.1. The Morgan fingerprint density at radius 2 is 1.87 bits per heavy atom.